The van der Waals surface area contributed by atoms with Crippen LogP contribution in [0.2, 0.25) is 0 Å². The summed E-state index contributed by atoms with van der Waals surface area (Å²) in [6, 6.07) is 0. The first-order valence-corrected chi connectivity index (χ1v) is 6.97. The zero-order valence-electron chi connectivity index (χ0n) is 11.2. The minimum atomic E-state index is -1.13. The third kappa shape index (κ3) is 2.36. The van der Waals surface area contributed by atoms with Gasteiger partial charge in [-0.1, -0.05) is 0 Å². The van der Waals surface area contributed by atoms with E-state index in [1.807, 2.05) is 0 Å². The molecule has 108 valence electrons. The number of hydrogen-bond donors (Lipinski definition) is 2. The monoisotopic (exact) mass is 278 g/mol. The van der Waals surface area contributed by atoms with Gasteiger partial charge in [0.15, 0.2) is 0 Å². The van der Waals surface area contributed by atoms with Crippen molar-refractivity contribution in [1.82, 2.24) is 9.88 Å². The van der Waals surface area contributed by atoms with Crippen LogP contribution in [0.25, 0.3) is 0 Å². The number of carboxylic acids is 1. The van der Waals surface area contributed by atoms with E-state index >= 15 is 0 Å². The van der Waals surface area contributed by atoms with Gasteiger partial charge in [0.05, 0.1) is 12.6 Å². The van der Waals surface area contributed by atoms with Crippen LogP contribution in [0, 0.1) is 0 Å². The quantitative estimate of drug-likeness (QED) is 0.835. The van der Waals surface area contributed by atoms with Gasteiger partial charge in [-0.2, -0.15) is 0 Å². The molecule has 2 N–H and O–H groups in total. The molecule has 0 aliphatic carbocycles. The second kappa shape index (κ2) is 5.38. The van der Waals surface area contributed by atoms with Crippen LogP contribution in [-0.2, 0) is 24.2 Å². The van der Waals surface area contributed by atoms with Gasteiger partial charge in [-0.25, -0.2) is 4.79 Å². The molecule has 6 nitrogen and oxygen atoms in total. The Labute approximate surface area is 116 Å². The lowest BCUT2D eigenvalue weighted by molar-refractivity contribution is 0.0689. The number of rotatable bonds is 3. The Bertz CT molecular complexity index is 588. The molecule has 3 heterocycles. The Balaban J connectivity index is 2.03. The Hall–Kier alpha value is -1.66. The Kier molecular flexibility index (Phi) is 3.58. The zero-order chi connectivity index (χ0) is 14.1. The normalized spacial score (nSPS) is 21.7. The van der Waals surface area contributed by atoms with Crippen molar-refractivity contribution in [1.29, 1.82) is 0 Å². The van der Waals surface area contributed by atoms with Crippen molar-refractivity contribution in [3.05, 3.63) is 33.2 Å². The first-order valence-electron chi connectivity index (χ1n) is 6.97. The van der Waals surface area contributed by atoms with E-state index < -0.39 is 11.5 Å². The summed E-state index contributed by atoms with van der Waals surface area (Å²) in [5.74, 6) is -1.13. The van der Waals surface area contributed by atoms with Gasteiger partial charge >= 0.3 is 5.97 Å². The summed E-state index contributed by atoms with van der Waals surface area (Å²) in [7, 11) is 0. The number of nitrogens with zero attached hydrogens (tertiary/aromatic N) is 1. The number of carboxylic acid groups (broad SMARTS) is 1. The van der Waals surface area contributed by atoms with Crippen LogP contribution in [0.15, 0.2) is 11.0 Å². The van der Waals surface area contributed by atoms with Crippen molar-refractivity contribution in [2.75, 3.05) is 13.2 Å². The van der Waals surface area contributed by atoms with E-state index in [0.29, 0.717) is 31.6 Å². The van der Waals surface area contributed by atoms with Crippen LogP contribution in [-0.4, -0.2) is 34.9 Å². The number of aromatic carboxylic acids is 1. The summed E-state index contributed by atoms with van der Waals surface area (Å²) in [6.45, 7) is 2.48. The smallest absolute Gasteiger partial charge is 0.341 e. The van der Waals surface area contributed by atoms with Gasteiger partial charge in [0.2, 0.25) is 0 Å². The molecule has 20 heavy (non-hydrogen) atoms. The lowest BCUT2D eigenvalue weighted by atomic mass is 9.97. The summed E-state index contributed by atoms with van der Waals surface area (Å²) in [5, 5.41) is 12.5. The molecule has 0 amide bonds. The molecule has 1 unspecified atom stereocenters. The summed E-state index contributed by atoms with van der Waals surface area (Å²) >= 11 is 0. The van der Waals surface area contributed by atoms with Gasteiger partial charge < -0.3 is 19.7 Å². The predicted molar refractivity (Wildman–Crippen MR) is 72.0 cm³/mol. The van der Waals surface area contributed by atoms with E-state index in [2.05, 4.69) is 5.32 Å². The van der Waals surface area contributed by atoms with Crippen LogP contribution < -0.4 is 10.9 Å². The highest BCUT2D eigenvalue weighted by Gasteiger charge is 2.24. The number of aromatic nitrogens is 1. The van der Waals surface area contributed by atoms with Gasteiger partial charge in [-0.05, 0) is 36.9 Å². The molecular weight excluding hydrogens is 260 g/mol. The molecule has 0 radical (unpaired) electrons. The van der Waals surface area contributed by atoms with Crippen molar-refractivity contribution in [2.24, 2.45) is 0 Å². The predicted octanol–water partition coefficient (Wildman–Crippen LogP) is 0.371. The highest BCUT2D eigenvalue weighted by atomic mass is 16.5. The maximum Gasteiger partial charge on any atom is 0.341 e. The van der Waals surface area contributed by atoms with E-state index in [-0.39, 0.29) is 11.7 Å². The molecular formula is C14H18N2O4. The average molecular weight is 278 g/mol. The molecule has 1 aromatic rings. The third-order valence-electron chi connectivity index (χ3n) is 3.98. The summed E-state index contributed by atoms with van der Waals surface area (Å²) in [5.41, 5.74) is 1.12. The topological polar surface area (TPSA) is 80.6 Å². The largest absolute Gasteiger partial charge is 0.477 e. The fourth-order valence-electron chi connectivity index (χ4n) is 3.00. The molecule has 1 fully saturated rings. The van der Waals surface area contributed by atoms with Gasteiger partial charge in [0, 0.05) is 19.3 Å². The standard InChI is InChI=1S/C14H18N2O4/c17-13-12(14(18)19)11-3-4-15-6-9(11)7-16(13)8-10-2-1-5-20-10/h7,10,15H,1-6,8H2,(H,18,19). The molecule has 1 aromatic heterocycles. The van der Waals surface area contributed by atoms with Crippen LogP contribution in [0.5, 0.6) is 0 Å². The first-order chi connectivity index (χ1) is 9.66. The molecule has 1 saturated heterocycles. The maximum atomic E-state index is 12.4. The highest BCUT2D eigenvalue weighted by molar-refractivity contribution is 5.89. The molecule has 1 atom stereocenters. The Morgan fingerprint density at radius 2 is 2.40 bits per heavy atom. The van der Waals surface area contributed by atoms with Gasteiger partial charge in [-0.3, -0.25) is 4.79 Å². The van der Waals surface area contributed by atoms with Gasteiger partial charge in [0.25, 0.3) is 5.56 Å². The molecule has 0 spiro atoms. The molecule has 0 saturated carbocycles. The average Bonchev–Trinajstić information content (AvgIpc) is 2.92. The molecule has 0 aromatic carbocycles. The Morgan fingerprint density at radius 1 is 1.55 bits per heavy atom. The molecule has 0 bridgehead atoms. The molecule has 2 aliphatic rings. The molecule has 2 aliphatic heterocycles. The van der Waals surface area contributed by atoms with E-state index in [0.717, 1.165) is 25.0 Å². The lowest BCUT2D eigenvalue weighted by Gasteiger charge is -2.21. The number of fused-ring (bicyclic) bond motifs is 1. The van der Waals surface area contributed by atoms with Crippen LogP contribution in [0.1, 0.15) is 34.3 Å². The fourth-order valence-corrected chi connectivity index (χ4v) is 3.00. The van der Waals surface area contributed by atoms with Crippen molar-refractivity contribution < 1.29 is 14.6 Å². The number of carbonyl (C=O) groups is 1. The third-order valence-corrected chi connectivity index (χ3v) is 3.98. The van der Waals surface area contributed by atoms with Crippen LogP contribution >= 0.6 is 0 Å². The number of nitrogens with one attached hydrogen (secondary N) is 1. The highest BCUT2D eigenvalue weighted by Crippen LogP contribution is 2.18. The first kappa shape index (κ1) is 13.3. The van der Waals surface area contributed by atoms with E-state index in [1.165, 1.54) is 4.57 Å². The minimum Gasteiger partial charge on any atom is -0.477 e. The van der Waals surface area contributed by atoms with Gasteiger partial charge in [-0.15, -0.1) is 0 Å². The van der Waals surface area contributed by atoms with E-state index in [9.17, 15) is 14.7 Å². The van der Waals surface area contributed by atoms with Crippen molar-refractivity contribution in [2.45, 2.75) is 38.5 Å². The van der Waals surface area contributed by atoms with Crippen LogP contribution in [0.3, 0.4) is 0 Å². The second-order valence-corrected chi connectivity index (χ2v) is 5.33. The molecule has 3 rings (SSSR count). The van der Waals surface area contributed by atoms with Crippen molar-refractivity contribution in [3.63, 3.8) is 0 Å². The minimum absolute atomic E-state index is 0.0175. The lowest BCUT2D eigenvalue weighted by Crippen LogP contribution is -2.36. The fraction of sp³-hybridized carbons (Fsp3) is 0.571. The summed E-state index contributed by atoms with van der Waals surface area (Å²) in [6.07, 6.45) is 4.32. The Morgan fingerprint density at radius 3 is 3.10 bits per heavy atom. The number of ether oxygens (including phenoxy) is 1. The second-order valence-electron chi connectivity index (χ2n) is 5.33. The van der Waals surface area contributed by atoms with Crippen molar-refractivity contribution >= 4 is 5.97 Å². The zero-order valence-corrected chi connectivity index (χ0v) is 11.2. The summed E-state index contributed by atoms with van der Waals surface area (Å²) < 4.78 is 7.04. The van der Waals surface area contributed by atoms with E-state index in [1.54, 1.807) is 6.20 Å². The number of hydrogen-bond acceptors (Lipinski definition) is 4. The van der Waals surface area contributed by atoms with Gasteiger partial charge in [0.1, 0.15) is 5.56 Å². The maximum absolute atomic E-state index is 12.4. The van der Waals surface area contributed by atoms with E-state index in [4.69, 9.17) is 4.74 Å². The van der Waals surface area contributed by atoms with Crippen molar-refractivity contribution in [3.8, 4) is 0 Å². The van der Waals surface area contributed by atoms with Crippen LogP contribution in [0.4, 0.5) is 0 Å². The SMILES string of the molecule is O=C(O)c1c2c(cn(CC3CCCO3)c1=O)CNCC2. The molecule has 6 heteroatoms. The summed E-state index contributed by atoms with van der Waals surface area (Å²) in [4.78, 5) is 23.8. The number of pyridine rings is 1.